The van der Waals surface area contributed by atoms with Gasteiger partial charge in [-0.2, -0.15) is 5.26 Å². The van der Waals surface area contributed by atoms with E-state index in [2.05, 4.69) is 24.3 Å². The molecular formula is C19H18N2O. The Kier molecular flexibility index (Phi) is 4.20. The average Bonchev–Trinajstić information content (AvgIpc) is 2.56. The third-order valence-corrected chi connectivity index (χ3v) is 4.23. The minimum absolute atomic E-state index is 0.0215. The van der Waals surface area contributed by atoms with Crippen LogP contribution in [0.5, 0.6) is 0 Å². The first kappa shape index (κ1) is 14.3. The van der Waals surface area contributed by atoms with E-state index < -0.39 is 0 Å². The molecule has 0 radical (unpaired) electrons. The molecule has 0 saturated heterocycles. The molecule has 0 fully saturated rings. The van der Waals surface area contributed by atoms with Crippen molar-refractivity contribution in [3.8, 4) is 6.07 Å². The Labute approximate surface area is 130 Å². The van der Waals surface area contributed by atoms with Gasteiger partial charge in [0.2, 0.25) is 5.91 Å². The van der Waals surface area contributed by atoms with Crippen molar-refractivity contribution in [3.05, 3.63) is 71.3 Å². The number of carbonyl (C=O) groups is 1. The Hall–Kier alpha value is -2.60. The van der Waals surface area contributed by atoms with E-state index in [-0.39, 0.29) is 18.4 Å². The molecule has 110 valence electrons. The van der Waals surface area contributed by atoms with Crippen molar-refractivity contribution in [2.24, 2.45) is 0 Å². The normalized spacial score (nSPS) is 16.7. The molecule has 1 aliphatic heterocycles. The van der Waals surface area contributed by atoms with Crippen molar-refractivity contribution >= 4 is 5.91 Å². The van der Waals surface area contributed by atoms with Crippen molar-refractivity contribution in [2.45, 2.75) is 25.3 Å². The van der Waals surface area contributed by atoms with Crippen LogP contribution in [-0.4, -0.2) is 17.4 Å². The minimum atomic E-state index is -0.0714. The van der Waals surface area contributed by atoms with E-state index in [0.717, 1.165) is 12.8 Å². The van der Waals surface area contributed by atoms with E-state index in [0.29, 0.717) is 6.54 Å². The standard InChI is InChI=1S/C19H18N2O/c20-12-10-19(22)21-13-11-16-8-4-5-9-17(16)18(21)14-15-6-2-1-3-7-15/h1-9,18H,10-11,13-14H2. The number of nitriles is 1. The monoisotopic (exact) mass is 290 g/mol. The van der Waals surface area contributed by atoms with E-state index in [9.17, 15) is 4.79 Å². The van der Waals surface area contributed by atoms with E-state index in [1.165, 1.54) is 16.7 Å². The number of rotatable bonds is 3. The first-order valence-corrected chi connectivity index (χ1v) is 7.57. The van der Waals surface area contributed by atoms with Gasteiger partial charge in [-0.1, -0.05) is 54.6 Å². The van der Waals surface area contributed by atoms with Gasteiger partial charge in [0.15, 0.2) is 0 Å². The second kappa shape index (κ2) is 6.44. The van der Waals surface area contributed by atoms with Crippen molar-refractivity contribution in [2.75, 3.05) is 6.54 Å². The maximum atomic E-state index is 12.3. The molecule has 1 unspecified atom stereocenters. The first-order chi connectivity index (χ1) is 10.8. The molecule has 2 aromatic carbocycles. The smallest absolute Gasteiger partial charge is 0.237 e. The number of benzene rings is 2. The summed E-state index contributed by atoms with van der Waals surface area (Å²) < 4.78 is 0. The zero-order valence-corrected chi connectivity index (χ0v) is 12.4. The summed E-state index contributed by atoms with van der Waals surface area (Å²) in [6.45, 7) is 0.690. The maximum Gasteiger partial charge on any atom is 0.237 e. The van der Waals surface area contributed by atoms with Gasteiger partial charge in [0, 0.05) is 6.54 Å². The molecule has 1 heterocycles. The molecule has 2 aromatic rings. The fraction of sp³-hybridized carbons (Fsp3) is 0.263. The van der Waals surface area contributed by atoms with Gasteiger partial charge in [-0.25, -0.2) is 0 Å². The molecular weight excluding hydrogens is 272 g/mol. The van der Waals surface area contributed by atoms with E-state index in [1.54, 1.807) is 0 Å². The van der Waals surface area contributed by atoms with Crippen LogP contribution in [0.2, 0.25) is 0 Å². The van der Waals surface area contributed by atoms with Crippen LogP contribution in [0.15, 0.2) is 54.6 Å². The van der Waals surface area contributed by atoms with Gasteiger partial charge in [-0.15, -0.1) is 0 Å². The van der Waals surface area contributed by atoms with Gasteiger partial charge in [-0.05, 0) is 29.5 Å². The molecule has 1 atom stereocenters. The fourth-order valence-corrected chi connectivity index (χ4v) is 3.18. The van der Waals surface area contributed by atoms with Gasteiger partial charge in [0.05, 0.1) is 12.1 Å². The number of fused-ring (bicyclic) bond motifs is 1. The minimum Gasteiger partial charge on any atom is -0.334 e. The van der Waals surface area contributed by atoms with Gasteiger partial charge in [0.1, 0.15) is 6.42 Å². The second-order valence-corrected chi connectivity index (χ2v) is 5.58. The second-order valence-electron chi connectivity index (χ2n) is 5.58. The molecule has 0 spiro atoms. The lowest BCUT2D eigenvalue weighted by molar-refractivity contribution is -0.133. The van der Waals surface area contributed by atoms with E-state index in [1.807, 2.05) is 41.3 Å². The Morgan fingerprint density at radius 2 is 1.86 bits per heavy atom. The summed E-state index contributed by atoms with van der Waals surface area (Å²) in [6, 6.07) is 20.5. The van der Waals surface area contributed by atoms with Crippen LogP contribution in [0, 0.1) is 11.3 Å². The summed E-state index contributed by atoms with van der Waals surface area (Å²) >= 11 is 0. The Balaban J connectivity index is 1.95. The molecule has 1 aliphatic rings. The van der Waals surface area contributed by atoms with Crippen LogP contribution in [0.25, 0.3) is 0 Å². The van der Waals surface area contributed by atoms with Crippen LogP contribution in [-0.2, 0) is 17.6 Å². The quantitative estimate of drug-likeness (QED) is 0.870. The maximum absolute atomic E-state index is 12.3. The number of carbonyl (C=O) groups excluding carboxylic acids is 1. The number of hydrogen-bond acceptors (Lipinski definition) is 2. The molecule has 3 heteroatoms. The third kappa shape index (κ3) is 2.87. The highest BCUT2D eigenvalue weighted by Gasteiger charge is 2.30. The molecule has 0 aromatic heterocycles. The molecule has 0 bridgehead atoms. The van der Waals surface area contributed by atoms with Gasteiger partial charge < -0.3 is 4.90 Å². The first-order valence-electron chi connectivity index (χ1n) is 7.57. The third-order valence-electron chi connectivity index (χ3n) is 4.23. The fourth-order valence-electron chi connectivity index (χ4n) is 3.18. The molecule has 1 amide bonds. The zero-order valence-electron chi connectivity index (χ0n) is 12.4. The highest BCUT2D eigenvalue weighted by molar-refractivity contribution is 5.79. The van der Waals surface area contributed by atoms with Crippen LogP contribution in [0.1, 0.15) is 29.2 Å². The SMILES string of the molecule is N#CCC(=O)N1CCc2ccccc2C1Cc1ccccc1. The van der Waals surface area contributed by atoms with Crippen molar-refractivity contribution in [3.63, 3.8) is 0 Å². The molecule has 0 saturated carbocycles. The topological polar surface area (TPSA) is 44.1 Å². The average molecular weight is 290 g/mol. The number of amides is 1. The largest absolute Gasteiger partial charge is 0.334 e. The summed E-state index contributed by atoms with van der Waals surface area (Å²) in [4.78, 5) is 14.2. The molecule has 3 rings (SSSR count). The Morgan fingerprint density at radius 1 is 1.14 bits per heavy atom. The summed E-state index contributed by atoms with van der Waals surface area (Å²) in [5.41, 5.74) is 3.73. The lowest BCUT2D eigenvalue weighted by Crippen LogP contribution is -2.40. The number of hydrogen-bond donors (Lipinski definition) is 0. The highest BCUT2D eigenvalue weighted by atomic mass is 16.2. The summed E-state index contributed by atoms with van der Waals surface area (Å²) in [6.07, 6.45) is 1.60. The predicted molar refractivity (Wildman–Crippen MR) is 85.0 cm³/mol. The van der Waals surface area contributed by atoms with Crippen LogP contribution in [0.4, 0.5) is 0 Å². The van der Waals surface area contributed by atoms with E-state index in [4.69, 9.17) is 5.26 Å². The van der Waals surface area contributed by atoms with Gasteiger partial charge >= 0.3 is 0 Å². The lowest BCUT2D eigenvalue weighted by atomic mass is 9.88. The van der Waals surface area contributed by atoms with Gasteiger partial charge in [-0.3, -0.25) is 4.79 Å². The summed E-state index contributed by atoms with van der Waals surface area (Å²) in [7, 11) is 0. The van der Waals surface area contributed by atoms with Crippen LogP contribution in [0.3, 0.4) is 0 Å². The zero-order chi connectivity index (χ0) is 15.4. The number of nitrogens with zero attached hydrogens (tertiary/aromatic N) is 2. The van der Waals surface area contributed by atoms with Gasteiger partial charge in [0.25, 0.3) is 0 Å². The molecule has 22 heavy (non-hydrogen) atoms. The predicted octanol–water partition coefficient (Wildman–Crippen LogP) is 3.27. The van der Waals surface area contributed by atoms with Crippen molar-refractivity contribution < 1.29 is 4.79 Å². The Bertz CT molecular complexity index is 703. The van der Waals surface area contributed by atoms with E-state index >= 15 is 0 Å². The van der Waals surface area contributed by atoms with Crippen LogP contribution >= 0.6 is 0 Å². The van der Waals surface area contributed by atoms with Crippen molar-refractivity contribution in [1.29, 1.82) is 5.26 Å². The summed E-state index contributed by atoms with van der Waals surface area (Å²) in [5.74, 6) is -0.0714. The molecule has 0 N–H and O–H groups in total. The highest BCUT2D eigenvalue weighted by Crippen LogP contribution is 2.32. The van der Waals surface area contributed by atoms with Crippen molar-refractivity contribution in [1.82, 2.24) is 4.90 Å². The lowest BCUT2D eigenvalue weighted by Gasteiger charge is -2.37. The Morgan fingerprint density at radius 3 is 2.64 bits per heavy atom. The molecule has 3 nitrogen and oxygen atoms in total. The molecule has 0 aliphatic carbocycles. The summed E-state index contributed by atoms with van der Waals surface area (Å²) in [5, 5.41) is 8.84. The van der Waals surface area contributed by atoms with Crippen LogP contribution < -0.4 is 0 Å².